The molecule has 5 rings (SSSR count). The summed E-state index contributed by atoms with van der Waals surface area (Å²) in [6.45, 7) is 5.04. The number of alkyl halides is 3. The topological polar surface area (TPSA) is 95.1 Å². The zero-order valence-electron chi connectivity index (χ0n) is 23.2. The number of carbonyl (C=O) groups excluding carboxylic acids is 1. The number of likely N-dealkylation sites (tertiary alicyclic amines) is 1. The third-order valence-corrected chi connectivity index (χ3v) is 7.52. The molecule has 214 valence electrons. The molecular weight excluding hydrogens is 535 g/mol. The molecule has 2 atom stereocenters. The molecule has 0 bridgehead atoms. The average Bonchev–Trinajstić information content (AvgIpc) is 3.55. The van der Waals surface area contributed by atoms with Crippen LogP contribution in [0.2, 0.25) is 0 Å². The van der Waals surface area contributed by atoms with Gasteiger partial charge in [-0.1, -0.05) is 6.07 Å². The van der Waals surface area contributed by atoms with E-state index in [1.807, 2.05) is 13.0 Å². The maximum Gasteiger partial charge on any atom is 0.416 e. The molecule has 3 aromatic rings. The van der Waals surface area contributed by atoms with E-state index in [1.54, 1.807) is 36.2 Å². The van der Waals surface area contributed by atoms with Crippen LogP contribution >= 0.6 is 0 Å². The molecule has 0 aliphatic carbocycles. The Hall–Kier alpha value is -4.34. The van der Waals surface area contributed by atoms with Gasteiger partial charge in [-0.15, -0.1) is 0 Å². The van der Waals surface area contributed by atoms with Crippen molar-refractivity contribution in [1.82, 2.24) is 19.9 Å². The van der Waals surface area contributed by atoms with Crippen molar-refractivity contribution >= 4 is 17.4 Å². The molecule has 1 aromatic heterocycles. The van der Waals surface area contributed by atoms with E-state index in [9.17, 15) is 28.0 Å². The number of likely N-dealkylation sites (N-methyl/N-ethyl adjacent to an activating group) is 1. The fourth-order valence-corrected chi connectivity index (χ4v) is 5.57. The quantitative estimate of drug-likeness (QED) is 0.466. The van der Waals surface area contributed by atoms with E-state index in [1.165, 1.54) is 12.1 Å². The number of nitrogens with zero attached hydrogens (tertiary/aromatic N) is 5. The highest BCUT2D eigenvalue weighted by Gasteiger charge is 2.36. The predicted octanol–water partition coefficient (Wildman–Crippen LogP) is 4.00. The molecule has 2 aromatic carbocycles. The lowest BCUT2D eigenvalue weighted by molar-refractivity contribution is -0.878. The van der Waals surface area contributed by atoms with Crippen molar-refractivity contribution in [3.63, 3.8) is 0 Å². The van der Waals surface area contributed by atoms with Crippen LogP contribution < -0.4 is 21.4 Å². The number of halogens is 3. The zero-order chi connectivity index (χ0) is 29.7. The van der Waals surface area contributed by atoms with Crippen LogP contribution in [0, 0.1) is 18.3 Å². The summed E-state index contributed by atoms with van der Waals surface area (Å²) in [5, 5.41) is 13.9. The molecule has 1 saturated heterocycles. The standard InChI is InChI=1S/C29H30F3N7O2/c1-18-14-25(38(35-18)23-10-8-20(16-33)9-11-23)26-19(2)36(24-7-5-6-21(15-24)29(30,31)32)28(41)37(26)27(40)34-22-12-13-39(3,4)17-22/h5-11,14-15,18,22,35H,12-13,17H2,1-4H3/p+1/t18?,22-/m1/s1. The van der Waals surface area contributed by atoms with Crippen molar-refractivity contribution in [2.24, 2.45) is 0 Å². The van der Waals surface area contributed by atoms with Gasteiger partial charge in [-0.05, 0) is 62.4 Å². The molecule has 1 unspecified atom stereocenters. The van der Waals surface area contributed by atoms with Crippen LogP contribution in [-0.4, -0.2) is 58.9 Å². The van der Waals surface area contributed by atoms with Gasteiger partial charge in [-0.25, -0.2) is 19.6 Å². The number of quaternary nitrogens is 1. The molecule has 2 aliphatic heterocycles. The van der Waals surface area contributed by atoms with Gasteiger partial charge in [-0.2, -0.15) is 18.4 Å². The Morgan fingerprint density at radius 1 is 1.15 bits per heavy atom. The van der Waals surface area contributed by atoms with Crippen LogP contribution in [0.4, 0.5) is 23.7 Å². The summed E-state index contributed by atoms with van der Waals surface area (Å²) < 4.78 is 43.6. The first-order chi connectivity index (χ1) is 19.3. The first kappa shape index (κ1) is 28.2. The van der Waals surface area contributed by atoms with Gasteiger partial charge >= 0.3 is 17.9 Å². The molecule has 1 amide bonds. The van der Waals surface area contributed by atoms with Crippen molar-refractivity contribution in [2.75, 3.05) is 32.2 Å². The van der Waals surface area contributed by atoms with Gasteiger partial charge in [0.05, 0.1) is 73.2 Å². The summed E-state index contributed by atoms with van der Waals surface area (Å²) >= 11 is 0. The summed E-state index contributed by atoms with van der Waals surface area (Å²) in [7, 11) is 4.12. The van der Waals surface area contributed by atoms with Crippen LogP contribution in [0.15, 0.2) is 59.4 Å². The summed E-state index contributed by atoms with van der Waals surface area (Å²) in [5.41, 5.74) is 3.75. The van der Waals surface area contributed by atoms with Gasteiger partial charge in [0.2, 0.25) is 0 Å². The van der Waals surface area contributed by atoms with Gasteiger partial charge in [0, 0.05) is 12.5 Å². The fraction of sp³-hybridized carbons (Fsp3) is 0.345. The lowest BCUT2D eigenvalue weighted by atomic mass is 10.1. The van der Waals surface area contributed by atoms with E-state index >= 15 is 0 Å². The number of anilines is 1. The number of benzene rings is 2. The van der Waals surface area contributed by atoms with Crippen molar-refractivity contribution in [2.45, 2.75) is 38.5 Å². The molecule has 2 aliphatic rings. The van der Waals surface area contributed by atoms with Crippen LogP contribution in [-0.2, 0) is 6.18 Å². The molecule has 3 heterocycles. The summed E-state index contributed by atoms with van der Waals surface area (Å²) in [4.78, 5) is 27.7. The number of nitrogens with one attached hydrogen (secondary N) is 2. The summed E-state index contributed by atoms with van der Waals surface area (Å²) in [5.74, 6) is 0. The van der Waals surface area contributed by atoms with Crippen LogP contribution in [0.3, 0.4) is 0 Å². The molecule has 9 nitrogen and oxygen atoms in total. The maximum absolute atomic E-state index is 14.0. The number of imidazole rings is 1. The van der Waals surface area contributed by atoms with Crippen molar-refractivity contribution in [3.8, 4) is 11.8 Å². The number of rotatable bonds is 4. The smallest absolute Gasteiger partial charge is 0.329 e. The second-order valence-electron chi connectivity index (χ2n) is 11.2. The summed E-state index contributed by atoms with van der Waals surface area (Å²) in [6, 6.07) is 12.3. The number of hydrazine groups is 1. The first-order valence-corrected chi connectivity index (χ1v) is 13.2. The maximum atomic E-state index is 14.0. The Morgan fingerprint density at radius 3 is 2.46 bits per heavy atom. The number of amides is 1. The van der Waals surface area contributed by atoms with Gasteiger partial charge in [-0.3, -0.25) is 9.58 Å². The third kappa shape index (κ3) is 5.38. The highest BCUT2D eigenvalue weighted by atomic mass is 19.4. The van der Waals surface area contributed by atoms with E-state index in [0.29, 0.717) is 29.2 Å². The molecule has 2 N–H and O–H groups in total. The fourth-order valence-electron chi connectivity index (χ4n) is 5.57. The highest BCUT2D eigenvalue weighted by molar-refractivity contribution is 5.87. The molecule has 12 heteroatoms. The second kappa shape index (κ2) is 10.2. The highest BCUT2D eigenvalue weighted by Crippen LogP contribution is 2.33. The minimum Gasteiger partial charge on any atom is -0.329 e. The Labute approximate surface area is 235 Å². The predicted molar refractivity (Wildman–Crippen MR) is 148 cm³/mol. The Morgan fingerprint density at radius 2 is 1.85 bits per heavy atom. The normalized spacial score (nSPS) is 20.1. The van der Waals surface area contributed by atoms with Gasteiger partial charge in [0.25, 0.3) is 0 Å². The molecular formula is C29H31F3N7O2+. The van der Waals surface area contributed by atoms with E-state index in [0.717, 1.165) is 38.7 Å². The molecule has 41 heavy (non-hydrogen) atoms. The molecule has 0 saturated carbocycles. The van der Waals surface area contributed by atoms with Gasteiger partial charge in [0.1, 0.15) is 5.69 Å². The monoisotopic (exact) mass is 566 g/mol. The largest absolute Gasteiger partial charge is 0.416 e. The van der Waals surface area contributed by atoms with Crippen molar-refractivity contribution in [1.29, 1.82) is 5.26 Å². The van der Waals surface area contributed by atoms with E-state index < -0.39 is 23.5 Å². The zero-order valence-corrected chi connectivity index (χ0v) is 23.2. The Balaban J connectivity index is 1.67. The minimum absolute atomic E-state index is 0.00156. The van der Waals surface area contributed by atoms with E-state index in [-0.39, 0.29) is 23.5 Å². The number of aromatic nitrogens is 2. The van der Waals surface area contributed by atoms with E-state index in [4.69, 9.17) is 0 Å². The molecule has 0 radical (unpaired) electrons. The summed E-state index contributed by atoms with van der Waals surface area (Å²) in [6.07, 6.45) is -2.03. The average molecular weight is 567 g/mol. The molecule has 0 spiro atoms. The van der Waals surface area contributed by atoms with E-state index in [2.05, 4.69) is 30.9 Å². The van der Waals surface area contributed by atoms with Crippen LogP contribution in [0.1, 0.15) is 35.9 Å². The lowest BCUT2D eigenvalue weighted by Gasteiger charge is -2.25. The van der Waals surface area contributed by atoms with Crippen molar-refractivity contribution in [3.05, 3.63) is 87.6 Å². The van der Waals surface area contributed by atoms with Crippen LogP contribution in [0.5, 0.6) is 0 Å². The SMILES string of the molecule is Cc1c(C2=CC(C)NN2c2ccc(C#N)cc2)n(C(=O)N[C@@H]2CC[N+](C)(C)C2)c(=O)n1-c1cccc(C(F)(F)F)c1. The van der Waals surface area contributed by atoms with Gasteiger partial charge in [0.15, 0.2) is 0 Å². The number of carbonyl (C=O) groups is 1. The molecule has 1 fully saturated rings. The third-order valence-electron chi connectivity index (χ3n) is 7.52. The van der Waals surface area contributed by atoms with Gasteiger partial charge < -0.3 is 9.80 Å². The number of hydrogen-bond acceptors (Lipinski definition) is 5. The van der Waals surface area contributed by atoms with Crippen molar-refractivity contribution < 1.29 is 22.4 Å². The lowest BCUT2D eigenvalue weighted by Crippen LogP contribution is -2.46. The second-order valence-corrected chi connectivity index (χ2v) is 11.2. The number of nitriles is 1. The Kier molecular flexibility index (Phi) is 7.05. The van der Waals surface area contributed by atoms with Crippen LogP contribution in [0.25, 0.3) is 11.4 Å². The first-order valence-electron chi connectivity index (χ1n) is 13.2. The Bertz CT molecular complexity index is 1630. The minimum atomic E-state index is -4.61. The number of hydrogen-bond donors (Lipinski definition) is 2.